The second-order valence-electron chi connectivity index (χ2n) is 6.63. The lowest BCUT2D eigenvalue weighted by Crippen LogP contribution is -2.34. The molecule has 164 valence electrons. The number of methoxy groups -OCH3 is 1. The molecule has 8 nitrogen and oxygen atoms in total. The Hall–Kier alpha value is -3.98. The molecule has 0 spiro atoms. The van der Waals surface area contributed by atoms with E-state index in [0.29, 0.717) is 30.1 Å². The van der Waals surface area contributed by atoms with Crippen molar-refractivity contribution < 1.29 is 19.2 Å². The van der Waals surface area contributed by atoms with Crippen molar-refractivity contribution >= 4 is 34.6 Å². The van der Waals surface area contributed by atoms with Gasteiger partial charge in [-0.1, -0.05) is 42.5 Å². The number of para-hydroxylation sites is 1. The summed E-state index contributed by atoms with van der Waals surface area (Å²) in [6.45, 7) is 0.405. The number of rotatable bonds is 8. The number of thiocarbonyl (C=S) groups is 1. The number of ether oxygens (including phenoxy) is 2. The molecule has 0 heterocycles. The van der Waals surface area contributed by atoms with Crippen molar-refractivity contribution in [2.45, 2.75) is 6.42 Å². The van der Waals surface area contributed by atoms with Crippen molar-refractivity contribution in [3.05, 3.63) is 94.0 Å². The molecule has 0 aromatic heterocycles. The maximum atomic E-state index is 12.8. The zero-order valence-corrected chi connectivity index (χ0v) is 18.1. The zero-order valence-electron chi connectivity index (χ0n) is 17.2. The number of anilines is 1. The predicted octanol–water partition coefficient (Wildman–Crippen LogP) is 4.35. The first-order valence-corrected chi connectivity index (χ1v) is 10.1. The van der Waals surface area contributed by atoms with E-state index >= 15 is 0 Å². The van der Waals surface area contributed by atoms with E-state index in [2.05, 4.69) is 10.6 Å². The van der Waals surface area contributed by atoms with Crippen LogP contribution in [0.1, 0.15) is 15.9 Å². The summed E-state index contributed by atoms with van der Waals surface area (Å²) in [6.07, 6.45) is 0.698. The van der Waals surface area contributed by atoms with Crippen molar-refractivity contribution in [3.8, 4) is 11.5 Å². The molecule has 3 aromatic rings. The van der Waals surface area contributed by atoms with E-state index < -0.39 is 10.8 Å². The van der Waals surface area contributed by atoms with Gasteiger partial charge in [0.1, 0.15) is 11.5 Å². The minimum absolute atomic E-state index is 0.0344. The first-order valence-electron chi connectivity index (χ1n) is 9.68. The van der Waals surface area contributed by atoms with Crippen LogP contribution in [0.2, 0.25) is 0 Å². The Morgan fingerprint density at radius 1 is 1.03 bits per heavy atom. The van der Waals surface area contributed by atoms with Gasteiger partial charge in [-0.2, -0.15) is 0 Å². The Balaban J connectivity index is 1.65. The first-order chi connectivity index (χ1) is 15.5. The Bertz CT molecular complexity index is 1120. The normalized spacial score (nSPS) is 10.2. The highest BCUT2D eigenvalue weighted by Gasteiger charge is 2.16. The maximum Gasteiger partial charge on any atom is 0.271 e. The molecule has 0 bridgehead atoms. The van der Waals surface area contributed by atoms with Crippen LogP contribution in [-0.4, -0.2) is 29.7 Å². The van der Waals surface area contributed by atoms with E-state index in [-0.39, 0.29) is 16.5 Å². The van der Waals surface area contributed by atoms with Gasteiger partial charge in [-0.3, -0.25) is 20.2 Å². The van der Waals surface area contributed by atoms with Gasteiger partial charge in [-0.25, -0.2) is 0 Å². The summed E-state index contributed by atoms with van der Waals surface area (Å²) in [4.78, 5) is 23.3. The van der Waals surface area contributed by atoms with Crippen LogP contribution in [0, 0.1) is 10.1 Å². The summed E-state index contributed by atoms with van der Waals surface area (Å²) in [7, 11) is 1.43. The lowest BCUT2D eigenvalue weighted by atomic mass is 10.1. The van der Waals surface area contributed by atoms with E-state index in [4.69, 9.17) is 21.7 Å². The Morgan fingerprint density at radius 2 is 1.75 bits per heavy atom. The monoisotopic (exact) mass is 451 g/mol. The number of hydrogen-bond donors (Lipinski definition) is 2. The third-order valence-electron chi connectivity index (χ3n) is 4.49. The summed E-state index contributed by atoms with van der Waals surface area (Å²) in [5.41, 5.74) is 1.57. The molecule has 0 unspecified atom stereocenters. The highest BCUT2D eigenvalue weighted by molar-refractivity contribution is 7.80. The molecule has 0 aliphatic carbocycles. The molecule has 0 aliphatic rings. The molecule has 3 rings (SSSR count). The third kappa shape index (κ3) is 6.02. The standard InChI is InChI=1S/C23H21N3O5S/c1-30-21-12-11-17(26(28)29)15-19(21)24-23(32)25-22(27)18-9-5-6-10-20(18)31-14-13-16-7-3-2-4-8-16/h2-12,15H,13-14H2,1H3,(H2,24,25,27,32). The van der Waals surface area contributed by atoms with E-state index in [1.54, 1.807) is 24.3 Å². The molecular weight excluding hydrogens is 430 g/mol. The third-order valence-corrected chi connectivity index (χ3v) is 4.70. The molecule has 0 atom stereocenters. The summed E-state index contributed by atoms with van der Waals surface area (Å²) in [5.74, 6) is 0.302. The fraction of sp³-hybridized carbons (Fsp3) is 0.130. The van der Waals surface area contributed by atoms with Gasteiger partial charge in [0.15, 0.2) is 5.11 Å². The van der Waals surface area contributed by atoms with Crippen molar-refractivity contribution in [1.82, 2.24) is 5.32 Å². The van der Waals surface area contributed by atoms with Gasteiger partial charge >= 0.3 is 0 Å². The lowest BCUT2D eigenvalue weighted by Gasteiger charge is -2.14. The number of hydrogen-bond acceptors (Lipinski definition) is 6. The van der Waals surface area contributed by atoms with Crippen molar-refractivity contribution in [3.63, 3.8) is 0 Å². The Labute approximate surface area is 190 Å². The number of nitro benzene ring substituents is 1. The molecule has 0 saturated carbocycles. The molecule has 0 aliphatic heterocycles. The fourth-order valence-electron chi connectivity index (χ4n) is 2.93. The molecule has 32 heavy (non-hydrogen) atoms. The second kappa shape index (κ2) is 10.9. The topological polar surface area (TPSA) is 103 Å². The average Bonchev–Trinajstić information content (AvgIpc) is 2.80. The lowest BCUT2D eigenvalue weighted by molar-refractivity contribution is -0.384. The highest BCUT2D eigenvalue weighted by Crippen LogP contribution is 2.28. The van der Waals surface area contributed by atoms with Crippen molar-refractivity contribution in [1.29, 1.82) is 0 Å². The largest absolute Gasteiger partial charge is 0.495 e. The minimum atomic E-state index is -0.532. The first kappa shape index (κ1) is 22.7. The molecule has 0 saturated heterocycles. The predicted molar refractivity (Wildman–Crippen MR) is 125 cm³/mol. The SMILES string of the molecule is COc1ccc([N+](=O)[O-])cc1NC(=S)NC(=O)c1ccccc1OCCc1ccccc1. The molecule has 1 amide bonds. The summed E-state index contributed by atoms with van der Waals surface area (Å²) in [5, 5.41) is 16.3. The van der Waals surface area contributed by atoms with Crippen LogP contribution in [0.25, 0.3) is 0 Å². The van der Waals surface area contributed by atoms with Crippen LogP contribution in [0.15, 0.2) is 72.8 Å². The smallest absolute Gasteiger partial charge is 0.271 e. The van der Waals surface area contributed by atoms with Crippen molar-refractivity contribution in [2.75, 3.05) is 19.0 Å². The molecule has 0 fully saturated rings. The van der Waals surface area contributed by atoms with Crippen molar-refractivity contribution in [2.24, 2.45) is 0 Å². The molecular formula is C23H21N3O5S. The minimum Gasteiger partial charge on any atom is -0.495 e. The van der Waals surface area contributed by atoms with Crippen LogP contribution in [0.4, 0.5) is 11.4 Å². The highest BCUT2D eigenvalue weighted by atomic mass is 32.1. The van der Waals surface area contributed by atoms with Gasteiger partial charge in [0.2, 0.25) is 0 Å². The van der Waals surface area contributed by atoms with Gasteiger partial charge in [-0.05, 0) is 36.0 Å². The van der Waals surface area contributed by atoms with E-state index in [0.717, 1.165) is 5.56 Å². The van der Waals surface area contributed by atoms with Gasteiger partial charge < -0.3 is 14.8 Å². The van der Waals surface area contributed by atoms with Gasteiger partial charge in [0.05, 0.1) is 29.9 Å². The van der Waals surface area contributed by atoms with Crippen LogP contribution >= 0.6 is 12.2 Å². The van der Waals surface area contributed by atoms with E-state index in [1.165, 1.54) is 25.3 Å². The molecule has 3 aromatic carbocycles. The van der Waals surface area contributed by atoms with Gasteiger partial charge in [0.25, 0.3) is 11.6 Å². The molecule has 2 N–H and O–H groups in total. The number of nitrogens with one attached hydrogen (secondary N) is 2. The van der Waals surface area contributed by atoms with Gasteiger partial charge in [0, 0.05) is 18.6 Å². The van der Waals surface area contributed by atoms with E-state index in [1.807, 2.05) is 30.3 Å². The second-order valence-corrected chi connectivity index (χ2v) is 7.04. The maximum absolute atomic E-state index is 12.8. The van der Waals surface area contributed by atoms with E-state index in [9.17, 15) is 14.9 Å². The zero-order chi connectivity index (χ0) is 22.9. The summed E-state index contributed by atoms with van der Waals surface area (Å²) >= 11 is 5.21. The van der Waals surface area contributed by atoms with Crippen LogP contribution in [0.3, 0.4) is 0 Å². The number of carbonyl (C=O) groups excluding carboxylic acids is 1. The molecule has 9 heteroatoms. The molecule has 0 radical (unpaired) electrons. The quantitative estimate of drug-likeness (QED) is 0.298. The number of non-ortho nitro benzene ring substituents is 1. The Kier molecular flexibility index (Phi) is 7.71. The summed E-state index contributed by atoms with van der Waals surface area (Å²) in [6, 6.07) is 20.8. The Morgan fingerprint density at radius 3 is 2.47 bits per heavy atom. The number of amides is 1. The van der Waals surface area contributed by atoms with Crippen LogP contribution in [-0.2, 0) is 6.42 Å². The number of nitrogens with zero attached hydrogens (tertiary/aromatic N) is 1. The number of carbonyl (C=O) groups is 1. The average molecular weight is 452 g/mol. The number of nitro groups is 1. The van der Waals surface area contributed by atoms with Crippen LogP contribution < -0.4 is 20.1 Å². The summed E-state index contributed by atoms with van der Waals surface area (Å²) < 4.78 is 11.0. The van der Waals surface area contributed by atoms with Gasteiger partial charge in [-0.15, -0.1) is 0 Å². The number of benzene rings is 3. The fourth-order valence-corrected chi connectivity index (χ4v) is 3.14. The van der Waals surface area contributed by atoms with Crippen LogP contribution in [0.5, 0.6) is 11.5 Å².